The second-order valence-electron chi connectivity index (χ2n) is 17.4. The van der Waals surface area contributed by atoms with Gasteiger partial charge in [-0.1, -0.05) is 63.7 Å². The Morgan fingerprint density at radius 3 is 0.788 bits per heavy atom. The van der Waals surface area contributed by atoms with Gasteiger partial charge in [-0.15, -0.1) is 0 Å². The van der Waals surface area contributed by atoms with E-state index in [2.05, 4.69) is 50.1 Å². The molecule has 66 heavy (non-hydrogen) atoms. The molecule has 0 spiro atoms. The third-order valence-electron chi connectivity index (χ3n) is 9.30. The molecule has 1 aromatic rings. The first kappa shape index (κ1) is 57.0. The fourth-order valence-corrected chi connectivity index (χ4v) is 5.01. The van der Waals surface area contributed by atoms with E-state index >= 15 is 0 Å². The summed E-state index contributed by atoms with van der Waals surface area (Å²) in [6.45, 7) is 32.2. The van der Waals surface area contributed by atoms with Crippen LogP contribution in [0.2, 0.25) is 0 Å². The number of hydrogen-bond acceptors (Lipinski definition) is 16. The first-order valence-corrected chi connectivity index (χ1v) is 20.3. The molecule has 0 unspecified atom stereocenters. The quantitative estimate of drug-likeness (QED) is 0.0589. The maximum absolute atomic E-state index is 13.5. The normalized spacial score (nSPS) is 11.3. The highest BCUT2D eigenvalue weighted by atomic mass is 16.6. The number of carbonyl (C=O) groups is 8. The highest BCUT2D eigenvalue weighted by Crippen LogP contribution is 2.29. The van der Waals surface area contributed by atoms with Crippen molar-refractivity contribution in [1.29, 1.82) is 0 Å². The molecule has 0 radical (unpaired) electrons. The maximum atomic E-state index is 13.5. The summed E-state index contributed by atoms with van der Waals surface area (Å²) in [6, 6.07) is 6.83. The van der Waals surface area contributed by atoms with Crippen LogP contribution in [-0.4, -0.2) is 101 Å². The fraction of sp³-hybridized carbons (Fsp3) is 0.458. The van der Waals surface area contributed by atoms with Crippen LogP contribution in [0.4, 0.5) is 9.59 Å². The van der Waals surface area contributed by atoms with Gasteiger partial charge in [-0.3, -0.25) is 0 Å². The summed E-state index contributed by atoms with van der Waals surface area (Å²) in [4.78, 5) is 101. The number of rotatable bonds is 26. The Labute approximate surface area is 386 Å². The number of benzene rings is 1. The Morgan fingerprint density at radius 1 is 0.394 bits per heavy atom. The monoisotopic (exact) mass is 924 g/mol. The topological polar surface area (TPSA) is 234 Å². The van der Waals surface area contributed by atoms with E-state index in [1.54, 1.807) is 52.0 Å². The third-order valence-corrected chi connectivity index (χ3v) is 9.30. The third kappa shape index (κ3) is 19.0. The SMILES string of the molecule is C=C(C)C(=O)OCC(COC(=O)NC(C)(C)c1cccc(C(C)(C)NC(=O)OCC(COC(=O)C(=C)C)(COC(=O)C(=C)C)COC(=O)C(=C)C)c1)(COC(=O)C(=C)C)COC(=O)C(=C)C. The molecular formula is C48H64N2O16. The van der Waals surface area contributed by atoms with Crippen LogP contribution >= 0.6 is 0 Å². The highest BCUT2D eigenvalue weighted by Gasteiger charge is 2.40. The molecule has 0 atom stereocenters. The van der Waals surface area contributed by atoms with Crippen LogP contribution in [0.15, 0.2) is 97.2 Å². The van der Waals surface area contributed by atoms with E-state index in [1.165, 1.54) is 41.5 Å². The van der Waals surface area contributed by atoms with Gasteiger partial charge in [0.15, 0.2) is 0 Å². The lowest BCUT2D eigenvalue weighted by Gasteiger charge is -2.34. The van der Waals surface area contributed by atoms with Crippen molar-refractivity contribution >= 4 is 48.0 Å². The summed E-state index contributed by atoms with van der Waals surface area (Å²) < 4.78 is 43.4. The summed E-state index contributed by atoms with van der Waals surface area (Å²) >= 11 is 0. The molecule has 2 N–H and O–H groups in total. The molecule has 362 valence electrons. The molecule has 0 aliphatic rings. The van der Waals surface area contributed by atoms with Crippen molar-refractivity contribution < 1.29 is 76.3 Å². The lowest BCUT2D eigenvalue weighted by atomic mass is 9.87. The number of nitrogens with one attached hydrogen (secondary N) is 2. The molecule has 0 aromatic heterocycles. The van der Waals surface area contributed by atoms with Gasteiger partial charge in [0.25, 0.3) is 0 Å². The lowest BCUT2D eigenvalue weighted by Crippen LogP contribution is -2.47. The van der Waals surface area contributed by atoms with Crippen LogP contribution in [0.5, 0.6) is 0 Å². The average Bonchev–Trinajstić information content (AvgIpc) is 3.23. The molecule has 18 heteroatoms. The molecule has 0 bridgehead atoms. The van der Waals surface area contributed by atoms with Gasteiger partial charge in [0.05, 0.1) is 11.1 Å². The number of amides is 2. The van der Waals surface area contributed by atoms with Gasteiger partial charge < -0.3 is 48.5 Å². The van der Waals surface area contributed by atoms with Gasteiger partial charge >= 0.3 is 48.0 Å². The van der Waals surface area contributed by atoms with Gasteiger partial charge in [-0.05, 0) is 80.4 Å². The van der Waals surface area contributed by atoms with Crippen LogP contribution in [-0.2, 0) is 77.7 Å². The highest BCUT2D eigenvalue weighted by molar-refractivity contribution is 5.89. The van der Waals surface area contributed by atoms with Crippen molar-refractivity contribution in [1.82, 2.24) is 10.6 Å². The number of ether oxygens (including phenoxy) is 8. The molecular weight excluding hydrogens is 861 g/mol. The Balaban J connectivity index is 3.40. The van der Waals surface area contributed by atoms with Crippen molar-refractivity contribution in [2.45, 2.75) is 80.3 Å². The van der Waals surface area contributed by atoms with Gasteiger partial charge in [0.1, 0.15) is 63.7 Å². The van der Waals surface area contributed by atoms with Crippen molar-refractivity contribution in [2.75, 3.05) is 52.9 Å². The second-order valence-corrected chi connectivity index (χ2v) is 17.4. The molecule has 1 rings (SSSR count). The van der Waals surface area contributed by atoms with Gasteiger partial charge in [-0.2, -0.15) is 0 Å². The van der Waals surface area contributed by atoms with Crippen molar-refractivity contribution in [3.63, 3.8) is 0 Å². The molecule has 2 amide bonds. The Bertz CT molecular complexity index is 1820. The Kier molecular flexibility index (Phi) is 21.5. The van der Waals surface area contributed by atoms with E-state index in [-0.39, 0.29) is 33.4 Å². The molecule has 18 nitrogen and oxygen atoms in total. The summed E-state index contributed by atoms with van der Waals surface area (Å²) in [6.07, 6.45) is -1.92. The zero-order valence-corrected chi connectivity index (χ0v) is 39.7. The second kappa shape index (κ2) is 24.9. The van der Waals surface area contributed by atoms with Crippen LogP contribution in [0, 0.1) is 10.8 Å². The zero-order valence-electron chi connectivity index (χ0n) is 39.7. The predicted octanol–water partition coefficient (Wildman–Crippen LogP) is 6.30. The fourth-order valence-electron chi connectivity index (χ4n) is 5.01. The standard InChI is InChI=1S/C48H64N2O16/c1-29(2)37(51)59-21-47(22-60-38(52)30(3)4,23-61-39(53)31(5)6)27-65-43(57)49-45(13,14)35-18-17-19-36(20-35)46(15,16)50-44(58)66-28-48(24-62-40(54)32(7)8,25-63-41(55)33(9)10)26-64-42(56)34(11)12/h17-20H,1,3,5,7,9,11,21-28H2,2,4,6,8,10,12-16H3,(H,49,57)(H,50,58). The molecule has 0 saturated carbocycles. The first-order valence-electron chi connectivity index (χ1n) is 20.3. The van der Waals surface area contributed by atoms with E-state index in [0.717, 1.165) is 0 Å². The van der Waals surface area contributed by atoms with E-state index in [1.807, 2.05) is 0 Å². The van der Waals surface area contributed by atoms with Crippen molar-refractivity contribution in [3.05, 3.63) is 108 Å². The van der Waals surface area contributed by atoms with Crippen LogP contribution in [0.25, 0.3) is 0 Å². The van der Waals surface area contributed by atoms with E-state index in [0.29, 0.717) is 11.1 Å². The van der Waals surface area contributed by atoms with E-state index in [4.69, 9.17) is 37.9 Å². The van der Waals surface area contributed by atoms with Crippen molar-refractivity contribution in [3.8, 4) is 0 Å². The summed E-state index contributed by atoms with van der Waals surface area (Å²) in [5.41, 5.74) is -4.07. The van der Waals surface area contributed by atoms with E-state index in [9.17, 15) is 38.4 Å². The minimum atomic E-state index is -1.59. The molecule has 0 heterocycles. The average molecular weight is 925 g/mol. The maximum Gasteiger partial charge on any atom is 0.407 e. The molecule has 0 aliphatic heterocycles. The number of esters is 6. The number of hydrogen-bond donors (Lipinski definition) is 2. The first-order chi connectivity index (χ1) is 30.4. The summed E-state index contributed by atoms with van der Waals surface area (Å²) in [7, 11) is 0. The molecule has 1 aromatic carbocycles. The summed E-state index contributed by atoms with van der Waals surface area (Å²) in [5.74, 6) is -4.80. The smallest absolute Gasteiger partial charge is 0.407 e. The van der Waals surface area contributed by atoms with Crippen LogP contribution < -0.4 is 10.6 Å². The number of carbonyl (C=O) groups excluding carboxylic acids is 8. The molecule has 0 aliphatic carbocycles. The van der Waals surface area contributed by atoms with Crippen LogP contribution in [0.3, 0.4) is 0 Å². The minimum Gasteiger partial charge on any atom is -0.461 e. The largest absolute Gasteiger partial charge is 0.461 e. The Morgan fingerprint density at radius 2 is 0.591 bits per heavy atom. The Hall–Kier alpha value is -6.98. The van der Waals surface area contributed by atoms with Crippen LogP contribution in [0.1, 0.15) is 80.4 Å². The van der Waals surface area contributed by atoms with Gasteiger partial charge in [-0.25, -0.2) is 38.4 Å². The molecule has 0 fully saturated rings. The molecule has 0 saturated heterocycles. The minimum absolute atomic E-state index is 0.0538. The van der Waals surface area contributed by atoms with E-state index < -0.39 is 123 Å². The zero-order chi connectivity index (χ0) is 50.8. The van der Waals surface area contributed by atoms with Gasteiger partial charge in [0.2, 0.25) is 0 Å². The lowest BCUT2D eigenvalue weighted by molar-refractivity contribution is -0.162. The number of alkyl carbamates (subject to hydrolysis) is 2. The summed E-state index contributed by atoms with van der Waals surface area (Å²) in [5, 5.41) is 5.54. The van der Waals surface area contributed by atoms with Crippen molar-refractivity contribution in [2.24, 2.45) is 10.8 Å². The van der Waals surface area contributed by atoms with Gasteiger partial charge in [0, 0.05) is 33.4 Å². The predicted molar refractivity (Wildman–Crippen MR) is 241 cm³/mol.